The second kappa shape index (κ2) is 42.9. The van der Waals surface area contributed by atoms with Crippen LogP contribution in [0.15, 0.2) is 322 Å². The average molecular weight is 1760 g/mol. The fourth-order valence-corrected chi connectivity index (χ4v) is 13.6. The molecular formula is C114H118Cl2F9NO. The van der Waals surface area contributed by atoms with Crippen LogP contribution in [-0.2, 0) is 44.1 Å². The summed E-state index contributed by atoms with van der Waals surface area (Å²) < 4.78 is 117. The molecule has 0 heterocycles. The SMILES string of the molecule is CC(C)(C)c1ccc(-c2cc(F)cc(F)c2)cc1.CC(C)(C)c1ccc(-c2cc(F)ccc2F)cc1.CC(C)(C)c1ccc(-c2ccc(C(N)=O)cc2)cc1.CC(C)(C)c1ccc(-c2ccc(Cl)cc2)cc1.CC(C)(C)c1ccc(-c2ccc(F)c(F)c2)cc1.CC(C)(C)c1ccc(-c2cccc(C(F)(F)F)c2)cc1.CC(C)(C)c1ccc(-c2cccc(Cl)c2)cc1. The lowest BCUT2D eigenvalue weighted by Gasteiger charge is -2.19. The minimum atomic E-state index is -4.30. The van der Waals surface area contributed by atoms with Crippen molar-refractivity contribution in [3.63, 3.8) is 0 Å². The summed E-state index contributed by atoms with van der Waals surface area (Å²) in [6, 6.07) is 96.7. The van der Waals surface area contributed by atoms with Crippen LogP contribution >= 0.6 is 23.2 Å². The predicted octanol–water partition coefficient (Wildman–Crippen LogP) is 34.8. The molecule has 0 saturated carbocycles. The largest absolute Gasteiger partial charge is 0.416 e. The molecular weight excluding hydrogens is 1640 g/mol. The lowest BCUT2D eigenvalue weighted by Crippen LogP contribution is -2.10. The highest BCUT2D eigenvalue weighted by Crippen LogP contribution is 2.37. The Balaban J connectivity index is 0.000000183. The van der Waals surface area contributed by atoms with Crippen LogP contribution in [0.5, 0.6) is 0 Å². The van der Waals surface area contributed by atoms with Gasteiger partial charge in [-0.25, -0.2) is 26.3 Å². The van der Waals surface area contributed by atoms with E-state index >= 15 is 0 Å². The first-order valence-electron chi connectivity index (χ1n) is 42.3. The number of primary amides is 1. The lowest BCUT2D eigenvalue weighted by molar-refractivity contribution is -0.137. The van der Waals surface area contributed by atoms with Crippen LogP contribution in [0.2, 0.25) is 10.0 Å². The van der Waals surface area contributed by atoms with Gasteiger partial charge in [0.25, 0.3) is 0 Å². The molecule has 0 atom stereocenters. The number of halogens is 11. The number of carbonyl (C=O) groups is 1. The van der Waals surface area contributed by atoms with Gasteiger partial charge in [0.2, 0.25) is 5.91 Å². The quantitative estimate of drug-likeness (QED) is 0.151. The summed E-state index contributed by atoms with van der Waals surface area (Å²) in [4.78, 5) is 11.0. The minimum Gasteiger partial charge on any atom is -0.366 e. The standard InChI is InChI=1S/C17H17F3.C17H19NO.2C16H17Cl.3C16H16F2/c1-16(2,3)14-9-7-12(8-10-14)13-5-4-6-15(11-13)17(18,19)20;1-17(2,3)15-10-8-13(9-11-15)12-4-6-14(7-5-12)16(18)19;1-16(2,3)14-8-4-12(5-9-14)13-6-10-15(17)11-7-13;1-16(2,3)14-9-7-12(8-10-14)13-5-4-6-15(17)11-13;1-16(2,3)13-7-4-11(5-8-13)12-6-9-14(17)15(18)10-12;1-16(2,3)13-6-4-11(5-7-13)12-8-14(17)10-15(18)9-12;1-16(2,3)12-6-4-11(5-7-12)14-10-13(17)8-9-15(14)18/h4-11H,1-3H3;4-11H,1-3H3,(H2,18,19);2*4-11H,1-3H3;3*4-10H,1-3H3. The van der Waals surface area contributed by atoms with Crippen LogP contribution in [0.1, 0.15) is 200 Å². The van der Waals surface area contributed by atoms with Gasteiger partial charge in [-0.15, -0.1) is 0 Å². The number of carbonyl (C=O) groups excluding carboxylic acids is 1. The smallest absolute Gasteiger partial charge is 0.366 e. The van der Waals surface area contributed by atoms with Crippen LogP contribution in [0.4, 0.5) is 39.5 Å². The fraction of sp³-hybridized carbons (Fsp3) is 0.254. The summed E-state index contributed by atoms with van der Waals surface area (Å²) in [5.41, 5.74) is 27.1. The van der Waals surface area contributed by atoms with Crippen molar-refractivity contribution >= 4 is 29.1 Å². The van der Waals surface area contributed by atoms with Crippen molar-refractivity contribution in [2.24, 2.45) is 5.73 Å². The second-order valence-electron chi connectivity index (χ2n) is 38.7. The normalized spacial score (nSPS) is 11.7. The number of rotatable bonds is 8. The summed E-state index contributed by atoms with van der Waals surface area (Å²) in [6.45, 7) is 45.4. The molecule has 14 aromatic rings. The molecule has 0 radical (unpaired) electrons. The molecule has 2 N–H and O–H groups in total. The molecule has 0 aromatic heterocycles. The van der Waals surface area contributed by atoms with Gasteiger partial charge in [-0.1, -0.05) is 393 Å². The molecule has 0 unspecified atom stereocenters. The van der Waals surface area contributed by atoms with Gasteiger partial charge in [-0.05, 0) is 240 Å². The third-order valence-corrected chi connectivity index (χ3v) is 21.8. The molecule has 662 valence electrons. The Hall–Kier alpha value is -11.5. The van der Waals surface area contributed by atoms with E-state index in [-0.39, 0.29) is 37.9 Å². The maximum Gasteiger partial charge on any atom is 0.416 e. The number of alkyl halides is 3. The Labute approximate surface area is 758 Å². The van der Waals surface area contributed by atoms with Gasteiger partial charge in [0.15, 0.2) is 11.6 Å². The Morgan fingerprint density at radius 1 is 0.220 bits per heavy atom. The van der Waals surface area contributed by atoms with Gasteiger partial charge in [-0.3, -0.25) is 4.79 Å². The van der Waals surface area contributed by atoms with Crippen LogP contribution < -0.4 is 5.73 Å². The molecule has 0 fully saturated rings. The summed E-state index contributed by atoms with van der Waals surface area (Å²) in [5, 5.41) is 1.56. The molecule has 13 heteroatoms. The monoisotopic (exact) mass is 1760 g/mol. The Morgan fingerprint density at radius 2 is 0.488 bits per heavy atom. The molecule has 0 aliphatic rings. The minimum absolute atomic E-state index is 0.0341. The van der Waals surface area contributed by atoms with E-state index in [1.807, 2.05) is 140 Å². The van der Waals surface area contributed by atoms with Gasteiger partial charge in [-0.2, -0.15) is 13.2 Å². The topological polar surface area (TPSA) is 43.1 Å². The molecule has 1 amide bonds. The first-order valence-corrected chi connectivity index (χ1v) is 43.1. The van der Waals surface area contributed by atoms with E-state index in [2.05, 4.69) is 236 Å². The molecule has 0 aliphatic heterocycles. The Morgan fingerprint density at radius 3 is 0.795 bits per heavy atom. The number of benzene rings is 14. The van der Waals surface area contributed by atoms with E-state index in [4.69, 9.17) is 28.9 Å². The summed E-state index contributed by atoms with van der Waals surface area (Å²) >= 11 is 11.9. The third-order valence-electron chi connectivity index (χ3n) is 21.3. The van der Waals surface area contributed by atoms with E-state index in [1.54, 1.807) is 24.3 Å². The van der Waals surface area contributed by atoms with Gasteiger partial charge < -0.3 is 5.73 Å². The van der Waals surface area contributed by atoms with Crippen molar-refractivity contribution < 1.29 is 44.3 Å². The second-order valence-corrected chi connectivity index (χ2v) is 39.6. The van der Waals surface area contributed by atoms with Crippen molar-refractivity contribution in [2.75, 3.05) is 0 Å². The number of hydrogen-bond donors (Lipinski definition) is 1. The molecule has 0 bridgehead atoms. The summed E-state index contributed by atoms with van der Waals surface area (Å²) in [7, 11) is 0. The maximum absolute atomic E-state index is 13.6. The highest BCUT2D eigenvalue weighted by molar-refractivity contribution is 6.31. The van der Waals surface area contributed by atoms with Crippen LogP contribution in [0, 0.1) is 34.9 Å². The molecule has 127 heavy (non-hydrogen) atoms. The van der Waals surface area contributed by atoms with Crippen molar-refractivity contribution in [3.8, 4) is 77.9 Å². The molecule has 0 saturated heterocycles. The van der Waals surface area contributed by atoms with Crippen LogP contribution in [-0.4, -0.2) is 5.91 Å². The molecule has 14 aromatic carbocycles. The van der Waals surface area contributed by atoms with Gasteiger partial charge >= 0.3 is 6.18 Å². The van der Waals surface area contributed by atoms with Gasteiger partial charge in [0.05, 0.1) is 5.56 Å². The molecule has 2 nitrogen and oxygen atoms in total. The van der Waals surface area contributed by atoms with E-state index in [0.717, 1.165) is 79.3 Å². The lowest BCUT2D eigenvalue weighted by atomic mass is 9.86. The van der Waals surface area contributed by atoms with Crippen LogP contribution in [0.3, 0.4) is 0 Å². The highest BCUT2D eigenvalue weighted by Gasteiger charge is 2.31. The number of amides is 1. The average Bonchev–Trinajstić information content (AvgIpc) is 0.837. The predicted molar refractivity (Wildman–Crippen MR) is 517 cm³/mol. The van der Waals surface area contributed by atoms with Crippen molar-refractivity contribution in [3.05, 3.63) is 417 Å². The zero-order valence-electron chi connectivity index (χ0n) is 76.7. The van der Waals surface area contributed by atoms with Crippen molar-refractivity contribution in [1.29, 1.82) is 0 Å². The van der Waals surface area contributed by atoms with Crippen molar-refractivity contribution in [1.82, 2.24) is 0 Å². The number of hydrogen-bond acceptors (Lipinski definition) is 1. The van der Waals surface area contributed by atoms with Crippen molar-refractivity contribution in [2.45, 2.75) is 189 Å². The first kappa shape index (κ1) is 101. The highest BCUT2D eigenvalue weighted by atomic mass is 35.5. The van der Waals surface area contributed by atoms with E-state index in [1.165, 1.54) is 86.5 Å². The van der Waals surface area contributed by atoms with E-state index in [9.17, 15) is 44.3 Å². The zero-order valence-corrected chi connectivity index (χ0v) is 78.3. The Bertz CT molecular complexity index is 5850. The molecule has 0 spiro atoms. The Kier molecular flexibility index (Phi) is 34.1. The maximum atomic E-state index is 13.6. The fourth-order valence-electron chi connectivity index (χ4n) is 13.3. The van der Waals surface area contributed by atoms with Gasteiger partial charge in [0.1, 0.15) is 23.3 Å². The summed E-state index contributed by atoms with van der Waals surface area (Å²) in [5.74, 6) is -3.95. The zero-order chi connectivity index (χ0) is 94.0. The summed E-state index contributed by atoms with van der Waals surface area (Å²) in [6.07, 6.45) is -4.30. The van der Waals surface area contributed by atoms with E-state index < -0.39 is 52.6 Å². The number of nitrogens with two attached hydrogens (primary N) is 1. The molecule has 14 rings (SSSR count). The van der Waals surface area contributed by atoms with E-state index in [0.29, 0.717) is 33.4 Å². The molecule has 0 aliphatic carbocycles. The first-order chi connectivity index (χ1) is 59.1. The third kappa shape index (κ3) is 30.9. The van der Waals surface area contributed by atoms with Crippen LogP contribution in [0.25, 0.3) is 77.9 Å². The van der Waals surface area contributed by atoms with Gasteiger partial charge in [0, 0.05) is 27.2 Å².